The molecule has 0 atom stereocenters. The van der Waals surface area contributed by atoms with E-state index in [0.29, 0.717) is 5.92 Å². The minimum Gasteiger partial charge on any atom is -0.316 e. The van der Waals surface area contributed by atoms with Crippen molar-refractivity contribution < 1.29 is 0 Å². The van der Waals surface area contributed by atoms with Crippen LogP contribution in [0, 0.1) is 0 Å². The summed E-state index contributed by atoms with van der Waals surface area (Å²) in [5, 5.41) is 0. The molecule has 0 aliphatic rings. The van der Waals surface area contributed by atoms with Crippen molar-refractivity contribution in [1.82, 2.24) is 9.88 Å². The molecule has 0 aliphatic heterocycles. The van der Waals surface area contributed by atoms with Crippen molar-refractivity contribution >= 4 is 11.3 Å². The number of thiazole rings is 1. The van der Waals surface area contributed by atoms with Crippen molar-refractivity contribution in [2.24, 2.45) is 0 Å². The highest BCUT2D eigenvalue weighted by Gasteiger charge is 2.13. The maximum Gasteiger partial charge on any atom is 0.304 e. The molecule has 0 unspecified atom stereocenters. The lowest BCUT2D eigenvalue weighted by atomic mass is 10.1. The van der Waals surface area contributed by atoms with E-state index >= 15 is 0 Å². The Balaban J connectivity index is 2.74. The fourth-order valence-electron chi connectivity index (χ4n) is 1.89. The van der Waals surface area contributed by atoms with Crippen LogP contribution in [0.3, 0.4) is 0 Å². The number of aromatic nitrogens is 1. The van der Waals surface area contributed by atoms with Gasteiger partial charge in [0.2, 0.25) is 0 Å². The molecule has 98 valence electrons. The van der Waals surface area contributed by atoms with Crippen LogP contribution in [0.15, 0.2) is 4.79 Å². The second kappa shape index (κ2) is 6.97. The summed E-state index contributed by atoms with van der Waals surface area (Å²) in [6.45, 7) is 11.7. The van der Waals surface area contributed by atoms with Crippen LogP contribution in [-0.2, 0) is 6.54 Å². The first-order chi connectivity index (χ1) is 8.08. The Morgan fingerprint density at radius 3 is 2.59 bits per heavy atom. The number of hydrogen-bond acceptors (Lipinski definition) is 3. The number of H-pyrrole nitrogens is 1. The second-order valence-electron chi connectivity index (χ2n) is 4.73. The van der Waals surface area contributed by atoms with Crippen LogP contribution >= 0.6 is 11.3 Å². The third-order valence-electron chi connectivity index (χ3n) is 2.97. The summed E-state index contributed by atoms with van der Waals surface area (Å²) in [6, 6.07) is 0. The molecule has 1 aromatic heterocycles. The summed E-state index contributed by atoms with van der Waals surface area (Å²) in [5.74, 6) is 0.397. The van der Waals surface area contributed by atoms with Crippen LogP contribution in [0.1, 0.15) is 57.0 Å². The van der Waals surface area contributed by atoms with E-state index in [-0.39, 0.29) is 4.87 Å². The largest absolute Gasteiger partial charge is 0.316 e. The smallest absolute Gasteiger partial charge is 0.304 e. The van der Waals surface area contributed by atoms with Gasteiger partial charge in [-0.25, -0.2) is 0 Å². The third-order valence-corrected chi connectivity index (χ3v) is 3.86. The molecule has 0 aromatic carbocycles. The molecule has 0 radical (unpaired) electrons. The van der Waals surface area contributed by atoms with Gasteiger partial charge in [-0.2, -0.15) is 0 Å². The number of nitrogens with zero attached hydrogens (tertiary/aromatic N) is 1. The molecule has 1 heterocycles. The molecule has 1 N–H and O–H groups in total. The van der Waals surface area contributed by atoms with Crippen molar-refractivity contribution in [2.45, 2.75) is 53.0 Å². The topological polar surface area (TPSA) is 36.1 Å². The van der Waals surface area contributed by atoms with Gasteiger partial charge < -0.3 is 4.98 Å². The molecule has 1 rings (SSSR count). The van der Waals surface area contributed by atoms with Crippen molar-refractivity contribution in [1.29, 1.82) is 0 Å². The van der Waals surface area contributed by atoms with Crippen molar-refractivity contribution in [3.63, 3.8) is 0 Å². The van der Waals surface area contributed by atoms with E-state index < -0.39 is 0 Å². The van der Waals surface area contributed by atoms with Gasteiger partial charge in [0, 0.05) is 17.1 Å². The number of aromatic amines is 1. The molecule has 0 saturated heterocycles. The highest BCUT2D eigenvalue weighted by Crippen LogP contribution is 2.20. The zero-order chi connectivity index (χ0) is 12.8. The van der Waals surface area contributed by atoms with Gasteiger partial charge in [0.05, 0.1) is 0 Å². The lowest BCUT2D eigenvalue weighted by Gasteiger charge is -2.20. The van der Waals surface area contributed by atoms with Crippen molar-refractivity contribution in [3.8, 4) is 0 Å². The molecule has 0 aliphatic carbocycles. The van der Waals surface area contributed by atoms with E-state index in [2.05, 4.69) is 37.6 Å². The van der Waals surface area contributed by atoms with Gasteiger partial charge in [-0.3, -0.25) is 9.69 Å². The second-order valence-corrected chi connectivity index (χ2v) is 5.80. The zero-order valence-corrected chi connectivity index (χ0v) is 12.2. The molecule has 3 nitrogen and oxygen atoms in total. The minimum absolute atomic E-state index is 0.0789. The average molecular weight is 256 g/mol. The summed E-state index contributed by atoms with van der Waals surface area (Å²) in [6.07, 6.45) is 2.45. The van der Waals surface area contributed by atoms with E-state index in [1.54, 1.807) is 0 Å². The Hall–Kier alpha value is -0.610. The van der Waals surface area contributed by atoms with Gasteiger partial charge >= 0.3 is 4.87 Å². The lowest BCUT2D eigenvalue weighted by Crippen LogP contribution is -2.24. The molecule has 0 bridgehead atoms. The minimum atomic E-state index is 0.0789. The van der Waals surface area contributed by atoms with Crippen LogP contribution in [0.4, 0.5) is 0 Å². The number of nitrogens with one attached hydrogen (secondary N) is 1. The van der Waals surface area contributed by atoms with E-state index in [1.165, 1.54) is 29.1 Å². The highest BCUT2D eigenvalue weighted by molar-refractivity contribution is 7.09. The lowest BCUT2D eigenvalue weighted by molar-refractivity contribution is 0.276. The molecule has 0 spiro atoms. The van der Waals surface area contributed by atoms with E-state index in [9.17, 15) is 4.79 Å². The standard InChI is InChI=1S/C13H24N2OS/c1-5-7-8-15(6-2)9-11-12(10(3)4)14-13(16)17-11/h10H,5-9H2,1-4H3,(H,14,16). The maximum absolute atomic E-state index is 11.4. The summed E-state index contributed by atoms with van der Waals surface area (Å²) >= 11 is 1.37. The predicted molar refractivity (Wildman–Crippen MR) is 74.9 cm³/mol. The third kappa shape index (κ3) is 4.28. The van der Waals surface area contributed by atoms with Crippen LogP contribution in [0.5, 0.6) is 0 Å². The first-order valence-corrected chi connectivity index (χ1v) is 7.34. The number of unbranched alkanes of at least 4 members (excludes halogenated alkanes) is 1. The Morgan fingerprint density at radius 2 is 2.06 bits per heavy atom. The van der Waals surface area contributed by atoms with E-state index in [0.717, 1.165) is 25.3 Å². The first-order valence-electron chi connectivity index (χ1n) is 6.52. The molecular formula is C13H24N2OS. The Kier molecular flexibility index (Phi) is 5.92. The SMILES string of the molecule is CCCCN(CC)Cc1sc(=O)[nH]c1C(C)C. The van der Waals surface area contributed by atoms with Gasteiger partial charge in [0.15, 0.2) is 0 Å². The summed E-state index contributed by atoms with van der Waals surface area (Å²) in [4.78, 5) is 18.1. The normalized spacial score (nSPS) is 11.6. The molecular weight excluding hydrogens is 232 g/mol. The first kappa shape index (κ1) is 14.5. The molecule has 1 aromatic rings. The predicted octanol–water partition coefficient (Wildman–Crippen LogP) is 3.18. The van der Waals surface area contributed by atoms with E-state index in [1.807, 2.05) is 0 Å². The number of hydrogen-bond donors (Lipinski definition) is 1. The fraction of sp³-hybridized carbons (Fsp3) is 0.769. The Bertz CT molecular complexity index is 381. The maximum atomic E-state index is 11.4. The molecule has 0 fully saturated rings. The Labute approximate surface area is 108 Å². The van der Waals surface area contributed by atoms with Crippen LogP contribution in [-0.4, -0.2) is 23.0 Å². The van der Waals surface area contributed by atoms with Crippen molar-refractivity contribution in [3.05, 3.63) is 20.2 Å². The quantitative estimate of drug-likeness (QED) is 0.813. The van der Waals surface area contributed by atoms with Gasteiger partial charge in [-0.05, 0) is 25.4 Å². The Morgan fingerprint density at radius 1 is 1.35 bits per heavy atom. The van der Waals surface area contributed by atoms with Gasteiger partial charge in [0.1, 0.15) is 0 Å². The zero-order valence-electron chi connectivity index (χ0n) is 11.4. The molecule has 0 amide bonds. The highest BCUT2D eigenvalue weighted by atomic mass is 32.1. The van der Waals surface area contributed by atoms with Gasteiger partial charge in [-0.1, -0.05) is 45.5 Å². The van der Waals surface area contributed by atoms with E-state index in [4.69, 9.17) is 0 Å². The average Bonchev–Trinajstić information content (AvgIpc) is 2.65. The molecule has 0 saturated carbocycles. The summed E-state index contributed by atoms with van der Waals surface area (Å²) in [5.41, 5.74) is 1.12. The summed E-state index contributed by atoms with van der Waals surface area (Å²) < 4.78 is 0. The van der Waals surface area contributed by atoms with Gasteiger partial charge in [-0.15, -0.1) is 0 Å². The monoisotopic (exact) mass is 256 g/mol. The van der Waals surface area contributed by atoms with Crippen LogP contribution in [0.25, 0.3) is 0 Å². The molecule has 4 heteroatoms. The molecule has 17 heavy (non-hydrogen) atoms. The fourth-order valence-corrected chi connectivity index (χ4v) is 2.92. The van der Waals surface area contributed by atoms with Gasteiger partial charge in [0.25, 0.3) is 0 Å². The van der Waals surface area contributed by atoms with Crippen molar-refractivity contribution in [2.75, 3.05) is 13.1 Å². The summed E-state index contributed by atoms with van der Waals surface area (Å²) in [7, 11) is 0. The van der Waals surface area contributed by atoms with Crippen LogP contribution < -0.4 is 4.87 Å². The van der Waals surface area contributed by atoms with Crippen LogP contribution in [0.2, 0.25) is 0 Å². The number of rotatable bonds is 7.